The fraction of sp³-hybridized carbons (Fsp3) is 0.783. The van der Waals surface area contributed by atoms with E-state index in [2.05, 4.69) is 16.9 Å². The zero-order valence-electron chi connectivity index (χ0n) is 18.1. The second kappa shape index (κ2) is 11.6. The SMILES string of the molecule is CCCCCCCCC1CC1C(=O)C(N)CCCC(N)c1nc(C)cc(C)n1. The molecule has 0 amide bonds. The molecular formula is C23H40N4O. The molecule has 4 unspecified atom stereocenters. The Morgan fingerprint density at radius 1 is 1.04 bits per heavy atom. The van der Waals surface area contributed by atoms with Crippen LogP contribution in [0.25, 0.3) is 0 Å². The Labute approximate surface area is 171 Å². The minimum atomic E-state index is -0.341. The van der Waals surface area contributed by atoms with E-state index in [4.69, 9.17) is 11.5 Å². The van der Waals surface area contributed by atoms with Crippen molar-refractivity contribution in [2.45, 2.75) is 103 Å². The molecule has 1 fully saturated rings. The number of Topliss-reactive ketones (excluding diaryl/α,β-unsaturated/α-hetero) is 1. The lowest BCUT2D eigenvalue weighted by atomic mass is 9.99. The number of ketones is 1. The van der Waals surface area contributed by atoms with Crippen molar-refractivity contribution in [1.29, 1.82) is 0 Å². The van der Waals surface area contributed by atoms with E-state index in [0.29, 0.717) is 18.2 Å². The molecule has 1 aromatic rings. The van der Waals surface area contributed by atoms with Gasteiger partial charge in [0, 0.05) is 17.3 Å². The van der Waals surface area contributed by atoms with Crippen molar-refractivity contribution in [2.75, 3.05) is 0 Å². The maximum absolute atomic E-state index is 12.5. The topological polar surface area (TPSA) is 94.9 Å². The van der Waals surface area contributed by atoms with Crippen LogP contribution < -0.4 is 11.5 Å². The number of carbonyl (C=O) groups is 1. The molecule has 1 aliphatic rings. The van der Waals surface area contributed by atoms with Crippen LogP contribution in [0.3, 0.4) is 0 Å². The maximum Gasteiger partial charge on any atom is 0.152 e. The summed E-state index contributed by atoms with van der Waals surface area (Å²) in [7, 11) is 0. The second-order valence-corrected chi connectivity index (χ2v) is 8.71. The predicted molar refractivity (Wildman–Crippen MR) is 115 cm³/mol. The maximum atomic E-state index is 12.5. The van der Waals surface area contributed by atoms with Crippen molar-refractivity contribution in [1.82, 2.24) is 9.97 Å². The Morgan fingerprint density at radius 3 is 2.36 bits per heavy atom. The third-order valence-electron chi connectivity index (χ3n) is 5.94. The zero-order valence-corrected chi connectivity index (χ0v) is 18.1. The zero-order chi connectivity index (χ0) is 20.5. The monoisotopic (exact) mass is 388 g/mol. The van der Waals surface area contributed by atoms with Crippen molar-refractivity contribution in [2.24, 2.45) is 23.3 Å². The summed E-state index contributed by atoms with van der Waals surface area (Å²) in [5, 5.41) is 0. The van der Waals surface area contributed by atoms with E-state index in [1.54, 1.807) is 0 Å². The lowest BCUT2D eigenvalue weighted by molar-refractivity contribution is -0.122. The van der Waals surface area contributed by atoms with Crippen LogP contribution in [0.1, 0.15) is 101 Å². The molecule has 0 saturated heterocycles. The molecule has 2 rings (SSSR count). The van der Waals surface area contributed by atoms with Crippen molar-refractivity contribution >= 4 is 5.78 Å². The van der Waals surface area contributed by atoms with Gasteiger partial charge in [-0.05, 0) is 57.9 Å². The molecule has 1 heterocycles. The smallest absolute Gasteiger partial charge is 0.152 e. The molecule has 28 heavy (non-hydrogen) atoms. The van der Waals surface area contributed by atoms with E-state index in [9.17, 15) is 4.79 Å². The van der Waals surface area contributed by atoms with E-state index in [1.165, 1.54) is 44.9 Å². The van der Waals surface area contributed by atoms with E-state index in [1.807, 2.05) is 19.9 Å². The summed E-state index contributed by atoms with van der Waals surface area (Å²) in [5.41, 5.74) is 14.3. The number of carbonyl (C=O) groups excluding carboxylic acids is 1. The molecular weight excluding hydrogens is 348 g/mol. The van der Waals surface area contributed by atoms with Crippen LogP contribution in [0.5, 0.6) is 0 Å². The highest BCUT2D eigenvalue weighted by molar-refractivity contribution is 5.88. The highest BCUT2D eigenvalue weighted by Gasteiger charge is 2.43. The van der Waals surface area contributed by atoms with Gasteiger partial charge >= 0.3 is 0 Å². The van der Waals surface area contributed by atoms with E-state index in [0.717, 1.165) is 30.7 Å². The number of nitrogens with two attached hydrogens (primary N) is 2. The third kappa shape index (κ3) is 7.59. The lowest BCUT2D eigenvalue weighted by Crippen LogP contribution is -2.32. The highest BCUT2D eigenvalue weighted by atomic mass is 16.1. The first-order valence-electron chi connectivity index (χ1n) is 11.3. The first-order chi connectivity index (χ1) is 13.4. The van der Waals surface area contributed by atoms with Crippen molar-refractivity contribution < 1.29 is 4.79 Å². The molecule has 1 aliphatic carbocycles. The normalized spacial score (nSPS) is 20.8. The summed E-state index contributed by atoms with van der Waals surface area (Å²) in [6.45, 7) is 6.15. The van der Waals surface area contributed by atoms with Crippen LogP contribution in [-0.4, -0.2) is 21.8 Å². The number of hydrogen-bond donors (Lipinski definition) is 2. The summed E-state index contributed by atoms with van der Waals surface area (Å²) in [6, 6.07) is 1.41. The molecule has 4 N–H and O–H groups in total. The average Bonchev–Trinajstić information content (AvgIpc) is 3.42. The molecule has 1 saturated carbocycles. The van der Waals surface area contributed by atoms with Crippen LogP contribution in [0, 0.1) is 25.7 Å². The van der Waals surface area contributed by atoms with Crippen LogP contribution >= 0.6 is 0 Å². The molecule has 5 heteroatoms. The fourth-order valence-electron chi connectivity index (χ4n) is 4.13. The van der Waals surface area contributed by atoms with Crippen molar-refractivity contribution in [3.8, 4) is 0 Å². The number of nitrogens with zero attached hydrogens (tertiary/aromatic N) is 2. The number of rotatable bonds is 14. The molecule has 4 atom stereocenters. The summed E-state index contributed by atoms with van der Waals surface area (Å²) in [4.78, 5) is 21.4. The Balaban J connectivity index is 1.61. The van der Waals surface area contributed by atoms with Crippen LogP contribution in [0.15, 0.2) is 6.07 Å². The Hall–Kier alpha value is -1.33. The first kappa shape index (κ1) is 23.0. The van der Waals surface area contributed by atoms with Gasteiger partial charge in [0.05, 0.1) is 12.1 Å². The van der Waals surface area contributed by atoms with Gasteiger partial charge in [0.2, 0.25) is 0 Å². The quantitative estimate of drug-likeness (QED) is 0.456. The van der Waals surface area contributed by atoms with E-state index >= 15 is 0 Å². The number of unbranched alkanes of at least 4 members (excludes halogenated alkanes) is 5. The van der Waals surface area contributed by atoms with Crippen LogP contribution in [0.2, 0.25) is 0 Å². The molecule has 0 radical (unpaired) electrons. The molecule has 158 valence electrons. The van der Waals surface area contributed by atoms with Gasteiger partial charge in [-0.15, -0.1) is 0 Å². The van der Waals surface area contributed by atoms with Gasteiger partial charge in [0.15, 0.2) is 5.78 Å². The predicted octanol–water partition coefficient (Wildman–Crippen LogP) is 4.55. The highest BCUT2D eigenvalue weighted by Crippen LogP contribution is 2.43. The van der Waals surface area contributed by atoms with Crippen molar-refractivity contribution in [3.05, 3.63) is 23.3 Å². The standard InChI is InChI=1S/C23H40N4O/c1-4-5-6-7-8-9-11-18-15-19(18)22(28)20(24)12-10-13-21(25)23-26-16(2)14-17(3)27-23/h14,18-21H,4-13,15,24-25H2,1-3H3. The van der Waals surface area contributed by atoms with Gasteiger partial charge in [-0.3, -0.25) is 4.79 Å². The minimum Gasteiger partial charge on any atom is -0.321 e. The van der Waals surface area contributed by atoms with Gasteiger partial charge < -0.3 is 11.5 Å². The summed E-state index contributed by atoms with van der Waals surface area (Å²) >= 11 is 0. The van der Waals surface area contributed by atoms with Crippen molar-refractivity contribution in [3.63, 3.8) is 0 Å². The molecule has 5 nitrogen and oxygen atoms in total. The Kier molecular flexibility index (Phi) is 9.52. The van der Waals surface area contributed by atoms with Gasteiger partial charge in [-0.1, -0.05) is 45.4 Å². The third-order valence-corrected chi connectivity index (χ3v) is 5.94. The van der Waals surface area contributed by atoms with Crippen LogP contribution in [-0.2, 0) is 4.79 Å². The number of hydrogen-bond acceptors (Lipinski definition) is 5. The molecule has 0 spiro atoms. The molecule has 0 aliphatic heterocycles. The summed E-state index contributed by atoms with van der Waals surface area (Å²) < 4.78 is 0. The first-order valence-corrected chi connectivity index (χ1v) is 11.3. The summed E-state index contributed by atoms with van der Waals surface area (Å²) in [6.07, 6.45) is 12.4. The van der Waals surface area contributed by atoms with Gasteiger partial charge in [0.25, 0.3) is 0 Å². The molecule has 1 aromatic heterocycles. The van der Waals surface area contributed by atoms with Crippen LogP contribution in [0.4, 0.5) is 0 Å². The number of aryl methyl sites for hydroxylation is 2. The summed E-state index contributed by atoms with van der Waals surface area (Å²) in [5.74, 6) is 1.78. The molecule has 0 aromatic carbocycles. The average molecular weight is 389 g/mol. The lowest BCUT2D eigenvalue weighted by Gasteiger charge is -2.14. The Bertz CT molecular complexity index is 598. The number of aromatic nitrogens is 2. The van der Waals surface area contributed by atoms with Gasteiger partial charge in [-0.25, -0.2) is 9.97 Å². The fourth-order valence-corrected chi connectivity index (χ4v) is 4.13. The van der Waals surface area contributed by atoms with Gasteiger partial charge in [-0.2, -0.15) is 0 Å². The largest absolute Gasteiger partial charge is 0.321 e. The van der Waals surface area contributed by atoms with E-state index in [-0.39, 0.29) is 23.8 Å². The van der Waals surface area contributed by atoms with Gasteiger partial charge in [0.1, 0.15) is 5.82 Å². The van der Waals surface area contributed by atoms with E-state index < -0.39 is 0 Å². The molecule has 0 bridgehead atoms. The second-order valence-electron chi connectivity index (χ2n) is 8.71. The Morgan fingerprint density at radius 2 is 1.68 bits per heavy atom. The minimum absolute atomic E-state index is 0.192.